The molecule has 3 aliphatic carbocycles. The fourth-order valence-electron chi connectivity index (χ4n) is 6.37. The van der Waals surface area contributed by atoms with Crippen molar-refractivity contribution >= 4 is 28.9 Å². The SMILES string of the molecule is Oc1c2c(c(O)n1C[C@H]1C[C@@H]1CN1CCN(c3cccc(Cl)c3Cl)CC1)C1CC2C(O)C1O. The lowest BCUT2D eigenvalue weighted by Crippen LogP contribution is -2.47. The van der Waals surface area contributed by atoms with Gasteiger partial charge in [0, 0.05) is 62.2 Å². The van der Waals surface area contributed by atoms with Gasteiger partial charge in [0.15, 0.2) is 11.8 Å². The molecule has 6 rings (SSSR count). The maximum atomic E-state index is 10.8. The van der Waals surface area contributed by atoms with E-state index in [1.54, 1.807) is 10.6 Å². The minimum absolute atomic E-state index is 0.0682. The Hall–Kier alpha value is -1.64. The molecule has 2 heterocycles. The monoisotopic (exact) mass is 493 g/mol. The zero-order chi connectivity index (χ0) is 23.0. The molecule has 1 aromatic heterocycles. The van der Waals surface area contributed by atoms with Crippen molar-refractivity contribution in [2.45, 2.75) is 43.4 Å². The highest BCUT2D eigenvalue weighted by molar-refractivity contribution is 6.43. The van der Waals surface area contributed by atoms with Crippen LogP contribution in [-0.2, 0) is 6.54 Å². The van der Waals surface area contributed by atoms with Crippen LogP contribution in [0.5, 0.6) is 11.8 Å². The average molecular weight is 494 g/mol. The van der Waals surface area contributed by atoms with Crippen LogP contribution in [0.15, 0.2) is 18.2 Å². The third-order valence-corrected chi connectivity index (χ3v) is 9.14. The van der Waals surface area contributed by atoms with Crippen LogP contribution in [0, 0.1) is 11.8 Å². The normalized spacial score (nSPS) is 33.0. The second-order valence-electron chi connectivity index (χ2n) is 10.1. The van der Waals surface area contributed by atoms with Gasteiger partial charge in [0.1, 0.15) is 0 Å². The summed E-state index contributed by atoms with van der Waals surface area (Å²) >= 11 is 12.6. The zero-order valence-corrected chi connectivity index (χ0v) is 19.8. The Bertz CT molecular complexity index is 1050. The molecule has 0 amide bonds. The number of hydrogen-bond acceptors (Lipinski definition) is 6. The molecule has 2 bridgehead atoms. The molecule has 7 nitrogen and oxygen atoms in total. The van der Waals surface area contributed by atoms with E-state index >= 15 is 0 Å². The Labute approximate surface area is 202 Å². The third kappa shape index (κ3) is 3.43. The van der Waals surface area contributed by atoms with E-state index in [1.807, 2.05) is 12.1 Å². The summed E-state index contributed by atoms with van der Waals surface area (Å²) in [6, 6.07) is 5.75. The lowest BCUT2D eigenvalue weighted by Gasteiger charge is -2.36. The molecule has 4 N–H and O–H groups in total. The first-order valence-electron chi connectivity index (χ1n) is 11.8. The van der Waals surface area contributed by atoms with Crippen LogP contribution in [0.25, 0.3) is 0 Å². The number of aromatic nitrogens is 1. The van der Waals surface area contributed by atoms with Gasteiger partial charge < -0.3 is 25.3 Å². The van der Waals surface area contributed by atoms with Crippen molar-refractivity contribution in [3.8, 4) is 11.8 Å². The molecular formula is C24H29Cl2N3O4. The molecule has 9 heteroatoms. The average Bonchev–Trinajstić information content (AvgIpc) is 3.20. The highest BCUT2D eigenvalue weighted by atomic mass is 35.5. The van der Waals surface area contributed by atoms with Crippen LogP contribution < -0.4 is 4.90 Å². The molecule has 178 valence electrons. The summed E-state index contributed by atoms with van der Waals surface area (Å²) in [6.07, 6.45) is -0.0660. The Balaban J connectivity index is 1.06. The van der Waals surface area contributed by atoms with Gasteiger partial charge in [-0.2, -0.15) is 0 Å². The summed E-state index contributed by atoms with van der Waals surface area (Å²) < 4.78 is 1.60. The van der Waals surface area contributed by atoms with E-state index in [0.717, 1.165) is 44.8 Å². The number of rotatable bonds is 5. The van der Waals surface area contributed by atoms with E-state index in [1.165, 1.54) is 0 Å². The van der Waals surface area contributed by atoms with Crippen LogP contribution in [0.3, 0.4) is 0 Å². The number of piperazine rings is 1. The Morgan fingerprint density at radius 1 is 0.818 bits per heavy atom. The van der Waals surface area contributed by atoms with E-state index < -0.39 is 12.2 Å². The molecule has 2 aromatic rings. The molecular weight excluding hydrogens is 465 g/mol. The first-order chi connectivity index (χ1) is 15.8. The van der Waals surface area contributed by atoms with E-state index in [4.69, 9.17) is 23.2 Å². The smallest absolute Gasteiger partial charge is 0.197 e. The summed E-state index contributed by atoms with van der Waals surface area (Å²) in [5, 5.41) is 43.2. The molecule has 0 spiro atoms. The van der Waals surface area contributed by atoms with Crippen molar-refractivity contribution in [2.75, 3.05) is 37.6 Å². The lowest BCUT2D eigenvalue weighted by atomic mass is 9.90. The van der Waals surface area contributed by atoms with Crippen molar-refractivity contribution in [3.05, 3.63) is 39.4 Å². The number of nitrogens with zero attached hydrogens (tertiary/aromatic N) is 3. The number of hydrogen-bond donors (Lipinski definition) is 4. The highest BCUT2D eigenvalue weighted by Crippen LogP contribution is 2.60. The Morgan fingerprint density at radius 2 is 1.42 bits per heavy atom. The fraction of sp³-hybridized carbons (Fsp3) is 0.583. The van der Waals surface area contributed by atoms with Gasteiger partial charge in [0.05, 0.1) is 27.9 Å². The van der Waals surface area contributed by atoms with Gasteiger partial charge >= 0.3 is 0 Å². The number of anilines is 1. The lowest BCUT2D eigenvalue weighted by molar-refractivity contribution is 0.0211. The molecule has 33 heavy (non-hydrogen) atoms. The molecule has 0 radical (unpaired) electrons. The minimum Gasteiger partial charge on any atom is -0.494 e. The topological polar surface area (TPSA) is 92.3 Å². The van der Waals surface area contributed by atoms with Gasteiger partial charge in [-0.05, 0) is 36.8 Å². The molecule has 4 aliphatic rings. The maximum absolute atomic E-state index is 10.8. The Morgan fingerprint density at radius 3 is 2.06 bits per heavy atom. The summed E-state index contributed by atoms with van der Waals surface area (Å²) in [5.74, 6) is 0.507. The summed E-state index contributed by atoms with van der Waals surface area (Å²) in [7, 11) is 0. The fourth-order valence-corrected chi connectivity index (χ4v) is 6.79. The van der Waals surface area contributed by atoms with Crippen molar-refractivity contribution in [2.24, 2.45) is 11.8 Å². The standard InChI is InChI=1S/C24H29Cl2N3O4/c25-16-2-1-3-17(20(16)26)28-6-4-27(5-7-28)10-12-8-13(12)11-29-23(32)18-14-9-15(19(18)24(29)33)22(31)21(14)30/h1-3,12-15,21-22,30-33H,4-11H2/t12-,13-,14?,15?,21?,22?/m1/s1. The predicted octanol–water partition coefficient (Wildman–Crippen LogP) is 2.97. The van der Waals surface area contributed by atoms with Crippen molar-refractivity contribution in [1.82, 2.24) is 9.47 Å². The minimum atomic E-state index is -0.863. The van der Waals surface area contributed by atoms with Gasteiger partial charge in [-0.3, -0.25) is 9.47 Å². The molecule has 6 atom stereocenters. The number of halogens is 2. The van der Waals surface area contributed by atoms with Crippen molar-refractivity contribution in [3.63, 3.8) is 0 Å². The third-order valence-electron chi connectivity index (χ3n) is 8.33. The van der Waals surface area contributed by atoms with Gasteiger partial charge in [0.25, 0.3) is 0 Å². The molecule has 2 saturated carbocycles. The molecule has 3 fully saturated rings. The zero-order valence-electron chi connectivity index (χ0n) is 18.2. The summed E-state index contributed by atoms with van der Waals surface area (Å²) in [5.41, 5.74) is 2.27. The number of aliphatic hydroxyl groups is 2. The number of benzene rings is 1. The number of aromatic hydroxyl groups is 2. The number of aliphatic hydroxyl groups excluding tert-OH is 2. The van der Waals surface area contributed by atoms with Crippen molar-refractivity contribution in [1.29, 1.82) is 0 Å². The van der Waals surface area contributed by atoms with Gasteiger partial charge in [-0.25, -0.2) is 0 Å². The van der Waals surface area contributed by atoms with Crippen LogP contribution >= 0.6 is 23.2 Å². The van der Waals surface area contributed by atoms with Crippen LogP contribution in [0.2, 0.25) is 10.0 Å². The summed E-state index contributed by atoms with van der Waals surface area (Å²) in [4.78, 5) is 4.76. The predicted molar refractivity (Wildman–Crippen MR) is 127 cm³/mol. The largest absolute Gasteiger partial charge is 0.494 e. The van der Waals surface area contributed by atoms with Crippen LogP contribution in [0.1, 0.15) is 35.8 Å². The second-order valence-corrected chi connectivity index (χ2v) is 10.9. The van der Waals surface area contributed by atoms with E-state index in [0.29, 0.717) is 46.0 Å². The molecule has 4 unspecified atom stereocenters. The van der Waals surface area contributed by atoms with E-state index in [-0.39, 0.29) is 23.6 Å². The first kappa shape index (κ1) is 21.9. The van der Waals surface area contributed by atoms with Gasteiger partial charge in [-0.1, -0.05) is 29.3 Å². The van der Waals surface area contributed by atoms with Crippen molar-refractivity contribution < 1.29 is 20.4 Å². The Kier molecular flexibility index (Phi) is 5.27. The molecule has 1 aromatic carbocycles. The highest BCUT2D eigenvalue weighted by Gasteiger charge is 2.54. The second kappa shape index (κ2) is 7.95. The van der Waals surface area contributed by atoms with Gasteiger partial charge in [0.2, 0.25) is 0 Å². The van der Waals surface area contributed by atoms with Crippen LogP contribution in [0.4, 0.5) is 5.69 Å². The quantitative estimate of drug-likeness (QED) is 0.511. The summed E-state index contributed by atoms with van der Waals surface area (Å²) in [6.45, 7) is 5.29. The molecule has 1 aliphatic heterocycles. The number of fused-ring (bicyclic) bond motifs is 5. The van der Waals surface area contributed by atoms with Crippen LogP contribution in [-0.4, -0.2) is 74.8 Å². The first-order valence-corrected chi connectivity index (χ1v) is 12.5. The maximum Gasteiger partial charge on any atom is 0.197 e. The van der Waals surface area contributed by atoms with E-state index in [9.17, 15) is 20.4 Å². The molecule has 1 saturated heterocycles. The van der Waals surface area contributed by atoms with Gasteiger partial charge in [-0.15, -0.1) is 0 Å². The van der Waals surface area contributed by atoms with E-state index in [2.05, 4.69) is 9.80 Å².